The van der Waals surface area contributed by atoms with Crippen LogP contribution in [0.4, 0.5) is 0 Å². The van der Waals surface area contributed by atoms with Crippen LogP contribution in [0.3, 0.4) is 0 Å². The molecular weight excluding hydrogens is 250 g/mol. The highest BCUT2D eigenvalue weighted by Crippen LogP contribution is 2.09. The first-order chi connectivity index (χ1) is 8.35. The first-order valence-corrected chi connectivity index (χ1v) is 9.32. The van der Waals surface area contributed by atoms with Gasteiger partial charge in [0.1, 0.15) is 18.5 Å². The van der Waals surface area contributed by atoms with E-state index in [-0.39, 0.29) is 18.2 Å². The Morgan fingerprint density at radius 1 is 1.61 bits per heavy atom. The van der Waals surface area contributed by atoms with Crippen LogP contribution in [0.2, 0.25) is 25.7 Å². The third-order valence-electron chi connectivity index (χ3n) is 2.38. The minimum absolute atomic E-state index is 0.0506. The van der Waals surface area contributed by atoms with Crippen molar-refractivity contribution in [1.82, 2.24) is 9.55 Å². The summed E-state index contributed by atoms with van der Waals surface area (Å²) < 4.78 is 6.70. The number of rotatable bonds is 6. The Labute approximate surface area is 107 Å². The lowest BCUT2D eigenvalue weighted by atomic mass is 10.5. The monoisotopic (exact) mass is 267 g/mol. The SMILES string of the molecule is C[Si](C)(C)CCOCn1c(C#N)cnc1C(=O)O. The molecule has 0 aliphatic carbocycles. The number of ether oxygens (including phenoxy) is 1. The Balaban J connectivity index is 2.64. The van der Waals surface area contributed by atoms with Crippen molar-refractivity contribution in [3.8, 4) is 6.07 Å². The fourth-order valence-corrected chi connectivity index (χ4v) is 2.06. The van der Waals surface area contributed by atoms with Crippen molar-refractivity contribution in [2.24, 2.45) is 0 Å². The summed E-state index contributed by atoms with van der Waals surface area (Å²) in [6.45, 7) is 7.32. The number of carbonyl (C=O) groups is 1. The van der Waals surface area contributed by atoms with Gasteiger partial charge in [-0.3, -0.25) is 4.57 Å². The Bertz CT molecular complexity index is 471. The zero-order chi connectivity index (χ0) is 13.8. The molecule has 0 saturated carbocycles. The highest BCUT2D eigenvalue weighted by atomic mass is 28.3. The number of hydrogen-bond donors (Lipinski definition) is 1. The van der Waals surface area contributed by atoms with Gasteiger partial charge in [-0.15, -0.1) is 0 Å². The molecule has 1 rings (SSSR count). The van der Waals surface area contributed by atoms with E-state index in [9.17, 15) is 4.79 Å². The van der Waals surface area contributed by atoms with Crippen LogP contribution in [0.25, 0.3) is 0 Å². The fraction of sp³-hybridized carbons (Fsp3) is 0.545. The quantitative estimate of drug-likeness (QED) is 0.626. The summed E-state index contributed by atoms with van der Waals surface area (Å²) in [5.41, 5.74) is 0.195. The van der Waals surface area contributed by atoms with E-state index in [4.69, 9.17) is 15.1 Å². The number of aromatic nitrogens is 2. The smallest absolute Gasteiger partial charge is 0.372 e. The molecule has 0 aliphatic rings. The topological polar surface area (TPSA) is 88.1 Å². The molecule has 18 heavy (non-hydrogen) atoms. The van der Waals surface area contributed by atoms with Crippen LogP contribution in [-0.4, -0.2) is 35.3 Å². The highest BCUT2D eigenvalue weighted by molar-refractivity contribution is 6.76. The molecule has 0 bridgehead atoms. The Kier molecular flexibility index (Phi) is 4.64. The third kappa shape index (κ3) is 3.98. The second-order valence-electron chi connectivity index (χ2n) is 5.16. The second-order valence-corrected chi connectivity index (χ2v) is 10.8. The average molecular weight is 267 g/mol. The molecule has 0 saturated heterocycles. The summed E-state index contributed by atoms with van der Waals surface area (Å²) in [7, 11) is -1.17. The van der Waals surface area contributed by atoms with Gasteiger partial charge in [0.2, 0.25) is 5.82 Å². The molecule has 1 N–H and O–H groups in total. The maximum Gasteiger partial charge on any atom is 0.372 e. The van der Waals surface area contributed by atoms with Gasteiger partial charge in [-0.2, -0.15) is 5.26 Å². The summed E-state index contributed by atoms with van der Waals surface area (Å²) >= 11 is 0. The molecule has 1 heterocycles. The van der Waals surface area contributed by atoms with E-state index < -0.39 is 14.0 Å². The number of nitrogens with zero attached hydrogens (tertiary/aromatic N) is 3. The number of carboxylic acid groups (broad SMARTS) is 1. The lowest BCUT2D eigenvalue weighted by Gasteiger charge is -2.15. The van der Waals surface area contributed by atoms with Crippen LogP contribution in [0.1, 0.15) is 16.3 Å². The lowest BCUT2D eigenvalue weighted by molar-refractivity contribution is 0.0611. The molecule has 6 nitrogen and oxygen atoms in total. The molecule has 0 atom stereocenters. The van der Waals surface area contributed by atoms with Crippen LogP contribution < -0.4 is 0 Å². The van der Waals surface area contributed by atoms with Gasteiger partial charge < -0.3 is 9.84 Å². The third-order valence-corrected chi connectivity index (χ3v) is 4.08. The minimum Gasteiger partial charge on any atom is -0.475 e. The molecule has 0 aliphatic heterocycles. The van der Waals surface area contributed by atoms with E-state index in [1.165, 1.54) is 10.8 Å². The van der Waals surface area contributed by atoms with Crippen molar-refractivity contribution in [2.75, 3.05) is 6.61 Å². The standard InChI is InChI=1S/C11H17N3O3Si/c1-18(2,3)5-4-17-8-14-9(6-12)7-13-10(14)11(15)16/h7H,4-5,8H2,1-3H3,(H,15,16). The van der Waals surface area contributed by atoms with Crippen LogP contribution in [0, 0.1) is 11.3 Å². The van der Waals surface area contributed by atoms with E-state index in [0.29, 0.717) is 6.61 Å². The lowest BCUT2D eigenvalue weighted by Crippen LogP contribution is -2.22. The fourth-order valence-electron chi connectivity index (χ4n) is 1.30. The Morgan fingerprint density at radius 3 is 2.78 bits per heavy atom. The Morgan fingerprint density at radius 2 is 2.28 bits per heavy atom. The number of carboxylic acids is 1. The van der Waals surface area contributed by atoms with Gasteiger partial charge in [0.25, 0.3) is 0 Å². The van der Waals surface area contributed by atoms with Crippen LogP contribution in [-0.2, 0) is 11.5 Å². The van der Waals surface area contributed by atoms with Crippen molar-refractivity contribution in [1.29, 1.82) is 5.26 Å². The minimum atomic E-state index is -1.17. The molecule has 0 fully saturated rings. The number of hydrogen-bond acceptors (Lipinski definition) is 4. The van der Waals surface area contributed by atoms with Crippen LogP contribution >= 0.6 is 0 Å². The molecule has 0 spiro atoms. The Hall–Kier alpha value is -1.65. The van der Waals surface area contributed by atoms with Gasteiger partial charge in [-0.1, -0.05) is 19.6 Å². The van der Waals surface area contributed by atoms with Crippen molar-refractivity contribution < 1.29 is 14.6 Å². The van der Waals surface area contributed by atoms with E-state index in [0.717, 1.165) is 6.04 Å². The molecule has 0 aromatic carbocycles. The normalized spacial score (nSPS) is 11.2. The van der Waals surface area contributed by atoms with E-state index >= 15 is 0 Å². The molecule has 7 heteroatoms. The number of aromatic carboxylic acids is 1. The predicted molar refractivity (Wildman–Crippen MR) is 68.0 cm³/mol. The zero-order valence-corrected chi connectivity index (χ0v) is 11.8. The van der Waals surface area contributed by atoms with Gasteiger partial charge in [0, 0.05) is 14.7 Å². The van der Waals surface area contributed by atoms with Crippen molar-refractivity contribution in [2.45, 2.75) is 32.4 Å². The summed E-state index contributed by atoms with van der Waals surface area (Å²) in [5.74, 6) is -1.33. The highest BCUT2D eigenvalue weighted by Gasteiger charge is 2.16. The molecular formula is C11H17N3O3Si. The predicted octanol–water partition coefficient (Wildman–Crippen LogP) is 1.77. The van der Waals surface area contributed by atoms with Crippen molar-refractivity contribution in [3.05, 3.63) is 17.7 Å². The van der Waals surface area contributed by atoms with Gasteiger partial charge in [-0.05, 0) is 6.04 Å². The van der Waals surface area contributed by atoms with Gasteiger partial charge >= 0.3 is 5.97 Å². The maximum absolute atomic E-state index is 10.9. The summed E-state index contributed by atoms with van der Waals surface area (Å²) in [4.78, 5) is 14.6. The zero-order valence-electron chi connectivity index (χ0n) is 10.8. The second kappa shape index (κ2) is 5.80. The summed E-state index contributed by atoms with van der Waals surface area (Å²) in [5, 5.41) is 17.8. The van der Waals surface area contributed by atoms with Crippen LogP contribution in [0.5, 0.6) is 0 Å². The largest absolute Gasteiger partial charge is 0.475 e. The molecule has 1 aromatic heterocycles. The van der Waals surface area contributed by atoms with Gasteiger partial charge in [0.05, 0.1) is 6.20 Å². The van der Waals surface area contributed by atoms with Gasteiger partial charge in [-0.25, -0.2) is 9.78 Å². The molecule has 98 valence electrons. The van der Waals surface area contributed by atoms with Gasteiger partial charge in [0.15, 0.2) is 0 Å². The summed E-state index contributed by atoms with van der Waals surface area (Å²) in [6, 6.07) is 2.89. The number of nitriles is 1. The van der Waals surface area contributed by atoms with E-state index in [1.54, 1.807) is 0 Å². The van der Waals surface area contributed by atoms with E-state index in [2.05, 4.69) is 24.6 Å². The molecule has 0 unspecified atom stereocenters. The van der Waals surface area contributed by atoms with Crippen molar-refractivity contribution >= 4 is 14.0 Å². The summed E-state index contributed by atoms with van der Waals surface area (Å²) in [6.07, 6.45) is 1.24. The molecule has 0 amide bonds. The molecule has 0 radical (unpaired) electrons. The first kappa shape index (κ1) is 14.4. The molecule has 1 aromatic rings. The maximum atomic E-state index is 10.9. The number of imidazole rings is 1. The van der Waals surface area contributed by atoms with Crippen LogP contribution in [0.15, 0.2) is 6.20 Å². The van der Waals surface area contributed by atoms with Crippen molar-refractivity contribution in [3.63, 3.8) is 0 Å². The van der Waals surface area contributed by atoms with E-state index in [1.807, 2.05) is 6.07 Å². The first-order valence-electron chi connectivity index (χ1n) is 5.62. The average Bonchev–Trinajstić information content (AvgIpc) is 2.66.